The maximum Gasteiger partial charge on any atom is 0.410 e. The van der Waals surface area contributed by atoms with E-state index in [1.807, 2.05) is 38.0 Å². The van der Waals surface area contributed by atoms with Gasteiger partial charge in [-0.1, -0.05) is 6.07 Å². The van der Waals surface area contributed by atoms with E-state index in [4.69, 9.17) is 4.74 Å². The number of hydrogen-bond donors (Lipinski definition) is 0. The van der Waals surface area contributed by atoms with Crippen molar-refractivity contribution in [2.75, 3.05) is 12.8 Å². The number of likely N-dealkylation sites (tertiary alicyclic amines) is 1. The molecule has 0 spiro atoms. The average Bonchev–Trinajstić information content (AvgIpc) is 2.85. The van der Waals surface area contributed by atoms with Crippen LogP contribution in [0.3, 0.4) is 0 Å². The lowest BCUT2D eigenvalue weighted by Gasteiger charge is -2.29. The summed E-state index contributed by atoms with van der Waals surface area (Å²) in [6, 6.07) is 4.08. The summed E-state index contributed by atoms with van der Waals surface area (Å²) >= 11 is 1.62. The second-order valence-corrected chi connectivity index (χ2v) is 6.73. The van der Waals surface area contributed by atoms with Crippen LogP contribution in [0.1, 0.15) is 45.2 Å². The Hall–Kier alpha value is -1.23. The van der Waals surface area contributed by atoms with E-state index in [0.717, 1.165) is 30.0 Å². The van der Waals surface area contributed by atoms with Gasteiger partial charge in [0.25, 0.3) is 0 Å². The molecular formula is C15H22N2O2S. The molecule has 0 radical (unpaired) electrons. The van der Waals surface area contributed by atoms with Gasteiger partial charge < -0.3 is 9.64 Å². The Morgan fingerprint density at radius 3 is 2.90 bits per heavy atom. The van der Waals surface area contributed by atoms with E-state index in [0.29, 0.717) is 0 Å². The van der Waals surface area contributed by atoms with Crippen LogP contribution in [0, 0.1) is 0 Å². The molecule has 110 valence electrons. The minimum Gasteiger partial charge on any atom is -0.444 e. The molecule has 1 saturated heterocycles. The molecule has 1 aliphatic heterocycles. The van der Waals surface area contributed by atoms with Crippen LogP contribution in [0.25, 0.3) is 0 Å². The van der Waals surface area contributed by atoms with Gasteiger partial charge in [0.05, 0.1) is 6.04 Å². The third-order valence-electron chi connectivity index (χ3n) is 3.23. The second-order valence-electron chi connectivity index (χ2n) is 5.93. The third-order valence-corrected chi connectivity index (χ3v) is 3.96. The lowest BCUT2D eigenvalue weighted by atomic mass is 10.1. The number of carbonyl (C=O) groups is 1. The second kappa shape index (κ2) is 6.04. The van der Waals surface area contributed by atoms with Crippen molar-refractivity contribution < 1.29 is 9.53 Å². The van der Waals surface area contributed by atoms with Crippen LogP contribution in [0.4, 0.5) is 4.79 Å². The lowest BCUT2D eigenvalue weighted by molar-refractivity contribution is 0.0222. The smallest absolute Gasteiger partial charge is 0.410 e. The minimum absolute atomic E-state index is 0.0843. The highest BCUT2D eigenvalue weighted by molar-refractivity contribution is 7.98. The molecule has 20 heavy (non-hydrogen) atoms. The van der Waals surface area contributed by atoms with E-state index in [2.05, 4.69) is 11.1 Å². The van der Waals surface area contributed by atoms with Gasteiger partial charge in [-0.15, -0.1) is 11.8 Å². The maximum atomic E-state index is 12.3. The van der Waals surface area contributed by atoms with Crippen LogP contribution >= 0.6 is 11.8 Å². The average molecular weight is 294 g/mol. The minimum atomic E-state index is -0.457. The fraction of sp³-hybridized carbons (Fsp3) is 0.600. The Labute approximate surface area is 124 Å². The number of rotatable bonds is 2. The van der Waals surface area contributed by atoms with Crippen LogP contribution in [-0.2, 0) is 4.74 Å². The summed E-state index contributed by atoms with van der Waals surface area (Å²) in [5.74, 6) is 0. The number of nitrogens with zero attached hydrogens (tertiary/aromatic N) is 2. The van der Waals surface area contributed by atoms with Crippen LogP contribution in [0.2, 0.25) is 0 Å². The Balaban J connectivity index is 2.21. The summed E-state index contributed by atoms with van der Waals surface area (Å²) in [5.41, 5.74) is 0.671. The molecule has 5 heteroatoms. The number of thioether (sulfide) groups is 1. The fourth-order valence-corrected chi connectivity index (χ4v) is 3.06. The van der Waals surface area contributed by atoms with E-state index in [-0.39, 0.29) is 12.1 Å². The molecule has 1 atom stereocenters. The van der Waals surface area contributed by atoms with Crippen molar-refractivity contribution in [3.63, 3.8) is 0 Å². The quantitative estimate of drug-likeness (QED) is 0.776. The molecule has 0 bridgehead atoms. The predicted molar refractivity (Wildman–Crippen MR) is 80.9 cm³/mol. The Morgan fingerprint density at radius 1 is 1.50 bits per heavy atom. The van der Waals surface area contributed by atoms with Gasteiger partial charge in [0, 0.05) is 18.3 Å². The SMILES string of the molecule is CSc1ncccc1[C@H]1CCCN1C(=O)OC(C)(C)C. The summed E-state index contributed by atoms with van der Waals surface area (Å²) < 4.78 is 5.51. The molecule has 0 unspecified atom stereocenters. The number of amides is 1. The standard InChI is InChI=1S/C15H22N2O2S/c1-15(2,3)19-14(18)17-10-6-8-12(17)11-7-5-9-16-13(11)20-4/h5,7,9,12H,6,8,10H2,1-4H3/t12-/m1/s1. The molecule has 1 amide bonds. The summed E-state index contributed by atoms with van der Waals surface area (Å²) in [5, 5.41) is 0.993. The van der Waals surface area contributed by atoms with Crippen molar-refractivity contribution in [2.24, 2.45) is 0 Å². The summed E-state index contributed by atoms with van der Waals surface area (Å²) in [6.07, 6.45) is 5.56. The molecule has 0 aliphatic carbocycles. The van der Waals surface area contributed by atoms with Crippen LogP contribution < -0.4 is 0 Å². The summed E-state index contributed by atoms with van der Waals surface area (Å²) in [7, 11) is 0. The summed E-state index contributed by atoms with van der Waals surface area (Å²) in [6.45, 7) is 6.44. The molecule has 0 N–H and O–H groups in total. The monoisotopic (exact) mass is 294 g/mol. The number of pyridine rings is 1. The van der Waals surface area contributed by atoms with E-state index in [1.165, 1.54) is 0 Å². The van der Waals surface area contributed by atoms with Gasteiger partial charge in [0.2, 0.25) is 0 Å². The molecule has 0 saturated carbocycles. The van der Waals surface area contributed by atoms with E-state index < -0.39 is 5.60 Å². The Kier molecular flexibility index (Phi) is 4.58. The highest BCUT2D eigenvalue weighted by atomic mass is 32.2. The molecule has 1 aliphatic rings. The molecule has 2 rings (SSSR count). The fourth-order valence-electron chi connectivity index (χ4n) is 2.46. The largest absolute Gasteiger partial charge is 0.444 e. The zero-order chi connectivity index (χ0) is 14.8. The van der Waals surface area contributed by atoms with Gasteiger partial charge in [0.1, 0.15) is 10.6 Å². The topological polar surface area (TPSA) is 42.4 Å². The highest BCUT2D eigenvalue weighted by Gasteiger charge is 2.34. The Bertz CT molecular complexity index is 485. The van der Waals surface area contributed by atoms with Crippen LogP contribution in [0.5, 0.6) is 0 Å². The van der Waals surface area contributed by atoms with Crippen molar-refractivity contribution in [1.82, 2.24) is 9.88 Å². The van der Waals surface area contributed by atoms with Crippen molar-refractivity contribution in [3.8, 4) is 0 Å². The first-order chi connectivity index (χ1) is 9.42. The Morgan fingerprint density at radius 2 is 2.25 bits per heavy atom. The lowest BCUT2D eigenvalue weighted by Crippen LogP contribution is -2.36. The van der Waals surface area contributed by atoms with E-state index in [9.17, 15) is 4.79 Å². The normalized spacial score (nSPS) is 19.2. The number of hydrogen-bond acceptors (Lipinski definition) is 4. The molecular weight excluding hydrogens is 272 g/mol. The summed E-state index contributed by atoms with van der Waals surface area (Å²) in [4.78, 5) is 18.6. The van der Waals surface area contributed by atoms with Gasteiger partial charge in [-0.25, -0.2) is 9.78 Å². The first-order valence-corrected chi connectivity index (χ1v) is 8.13. The number of aromatic nitrogens is 1. The predicted octanol–water partition coefficient (Wildman–Crippen LogP) is 3.88. The van der Waals surface area contributed by atoms with Gasteiger partial charge in [-0.05, 0) is 45.9 Å². The van der Waals surface area contributed by atoms with Gasteiger partial charge >= 0.3 is 6.09 Å². The first-order valence-electron chi connectivity index (χ1n) is 6.91. The maximum absolute atomic E-state index is 12.3. The number of carbonyl (C=O) groups excluding carboxylic acids is 1. The molecule has 2 heterocycles. The molecule has 1 fully saturated rings. The van der Waals surface area contributed by atoms with Crippen molar-refractivity contribution in [2.45, 2.75) is 50.3 Å². The zero-order valence-electron chi connectivity index (χ0n) is 12.5. The first kappa shape index (κ1) is 15.2. The van der Waals surface area contributed by atoms with E-state index >= 15 is 0 Å². The molecule has 0 aromatic carbocycles. The van der Waals surface area contributed by atoms with E-state index in [1.54, 1.807) is 18.0 Å². The van der Waals surface area contributed by atoms with Gasteiger partial charge in [-0.2, -0.15) is 0 Å². The van der Waals surface area contributed by atoms with Crippen molar-refractivity contribution >= 4 is 17.9 Å². The third kappa shape index (κ3) is 3.45. The number of ether oxygens (including phenoxy) is 1. The molecule has 4 nitrogen and oxygen atoms in total. The molecule has 1 aromatic rings. The van der Waals surface area contributed by atoms with Crippen LogP contribution in [0.15, 0.2) is 23.4 Å². The van der Waals surface area contributed by atoms with Crippen molar-refractivity contribution in [3.05, 3.63) is 23.9 Å². The van der Waals surface area contributed by atoms with Crippen LogP contribution in [-0.4, -0.2) is 34.4 Å². The van der Waals surface area contributed by atoms with Crippen molar-refractivity contribution in [1.29, 1.82) is 0 Å². The highest BCUT2D eigenvalue weighted by Crippen LogP contribution is 2.36. The molecule has 1 aromatic heterocycles. The van der Waals surface area contributed by atoms with Gasteiger partial charge in [0.15, 0.2) is 0 Å². The van der Waals surface area contributed by atoms with Gasteiger partial charge in [-0.3, -0.25) is 0 Å². The zero-order valence-corrected chi connectivity index (χ0v) is 13.4.